The molecule has 0 spiro atoms. The predicted octanol–water partition coefficient (Wildman–Crippen LogP) is 24.7. The van der Waals surface area contributed by atoms with Crippen molar-refractivity contribution in [2.75, 3.05) is 0 Å². The Morgan fingerprint density at radius 2 is 0.467 bits per heavy atom. The van der Waals surface area contributed by atoms with Gasteiger partial charge >= 0.3 is 0 Å². The minimum atomic E-state index is -0.168. The van der Waals surface area contributed by atoms with Gasteiger partial charge in [-0.3, -0.25) is 0 Å². The normalized spacial score (nSPS) is 13.5. The molecule has 0 fully saturated rings. The number of benzene rings is 15. The molecule has 3 aliphatic carbocycles. The average molecular weight is 1140 g/mol. The molecule has 0 bridgehead atoms. The van der Waals surface area contributed by atoms with Crippen molar-refractivity contribution in [3.8, 4) is 134 Å². The third kappa shape index (κ3) is 7.94. The van der Waals surface area contributed by atoms with Crippen molar-refractivity contribution < 1.29 is 0 Å². The van der Waals surface area contributed by atoms with Gasteiger partial charge in [0, 0.05) is 10.8 Å². The standard InChI is InChI=1S/C90H62/c1-89(2)80-51-66(43-47-72(80)74-49-45-68(53-82(74)89)69-46-50-75-73-48-44-67(52-81(73)90(3,4)83(75)54-69)60-35-39-62(40-36-60)71-24-12-18-61-15-8-9-21-70(61)71)59-33-31-57(32-34-59)55-27-29-56(30-28-55)58-37-41-65(42-38-58)86-77-23-11-10-22-76(77)85(64-16-6-5-7-17-64)87-78-25-13-19-63-20-14-26-79(84(63)78)88(86)87/h5-54H,1-4H3. The average Bonchev–Trinajstić information content (AvgIpc) is 1.53. The van der Waals surface area contributed by atoms with Crippen LogP contribution in [0.3, 0.4) is 0 Å². The van der Waals surface area contributed by atoms with Gasteiger partial charge < -0.3 is 0 Å². The van der Waals surface area contributed by atoms with Crippen LogP contribution in [0.1, 0.15) is 49.9 Å². The van der Waals surface area contributed by atoms with Crippen molar-refractivity contribution in [2.45, 2.75) is 38.5 Å². The van der Waals surface area contributed by atoms with E-state index in [-0.39, 0.29) is 10.8 Å². The van der Waals surface area contributed by atoms with Crippen LogP contribution in [0.15, 0.2) is 303 Å². The van der Waals surface area contributed by atoms with Gasteiger partial charge in [-0.25, -0.2) is 0 Å². The van der Waals surface area contributed by atoms with Gasteiger partial charge in [0.05, 0.1) is 0 Å². The van der Waals surface area contributed by atoms with E-state index in [1.165, 1.54) is 188 Å². The van der Waals surface area contributed by atoms with E-state index in [0.29, 0.717) is 0 Å². The van der Waals surface area contributed by atoms with Crippen LogP contribution < -0.4 is 0 Å². The summed E-state index contributed by atoms with van der Waals surface area (Å²) in [5, 5.41) is 7.73. The lowest BCUT2D eigenvalue weighted by atomic mass is 9.79. The molecule has 0 atom stereocenters. The van der Waals surface area contributed by atoms with Crippen LogP contribution in [0, 0.1) is 0 Å². The molecule has 0 nitrogen and oxygen atoms in total. The van der Waals surface area contributed by atoms with Crippen molar-refractivity contribution in [3.63, 3.8) is 0 Å². The zero-order valence-corrected chi connectivity index (χ0v) is 50.9. The first-order chi connectivity index (χ1) is 44.1. The van der Waals surface area contributed by atoms with Crippen LogP contribution in [-0.2, 0) is 10.8 Å². The minimum Gasteiger partial charge on any atom is -0.0622 e. The highest BCUT2D eigenvalue weighted by Gasteiger charge is 2.38. The van der Waals surface area contributed by atoms with Crippen LogP contribution in [0.4, 0.5) is 0 Å². The third-order valence-corrected chi connectivity index (χ3v) is 20.7. The second-order valence-electron chi connectivity index (χ2n) is 26.2. The van der Waals surface area contributed by atoms with Gasteiger partial charge in [-0.15, -0.1) is 0 Å². The summed E-state index contributed by atoms with van der Waals surface area (Å²) in [5.74, 6) is 0. The molecule has 0 aromatic heterocycles. The zero-order valence-electron chi connectivity index (χ0n) is 50.9. The monoisotopic (exact) mass is 1140 g/mol. The third-order valence-electron chi connectivity index (χ3n) is 20.7. The first-order valence-electron chi connectivity index (χ1n) is 31.8. The van der Waals surface area contributed by atoms with E-state index in [1.807, 2.05) is 0 Å². The number of hydrogen-bond donors (Lipinski definition) is 0. The molecule has 18 rings (SSSR count). The molecule has 0 heteroatoms. The lowest BCUT2D eigenvalue weighted by Gasteiger charge is -2.24. The zero-order chi connectivity index (χ0) is 60.0. The highest BCUT2D eigenvalue weighted by Crippen LogP contribution is 2.59. The molecule has 0 N–H and O–H groups in total. The Labute approximate surface area is 526 Å². The fourth-order valence-corrected chi connectivity index (χ4v) is 16.0. The molecule has 0 saturated heterocycles. The number of fused-ring (bicyclic) bond motifs is 11. The van der Waals surface area contributed by atoms with E-state index in [4.69, 9.17) is 0 Å². The predicted molar refractivity (Wildman–Crippen MR) is 382 cm³/mol. The fourth-order valence-electron chi connectivity index (χ4n) is 16.0. The second kappa shape index (κ2) is 19.8. The molecule has 15 aromatic carbocycles. The summed E-state index contributed by atoms with van der Waals surface area (Å²) in [6, 6.07) is 114. The van der Waals surface area contributed by atoms with E-state index < -0.39 is 0 Å². The van der Waals surface area contributed by atoms with Gasteiger partial charge in [0.15, 0.2) is 0 Å². The van der Waals surface area contributed by atoms with Crippen LogP contribution in [0.2, 0.25) is 0 Å². The van der Waals surface area contributed by atoms with Gasteiger partial charge in [-0.1, -0.05) is 307 Å². The molecule has 90 heavy (non-hydrogen) atoms. The van der Waals surface area contributed by atoms with E-state index in [9.17, 15) is 0 Å². The Kier molecular flexibility index (Phi) is 11.5. The number of hydrogen-bond acceptors (Lipinski definition) is 0. The summed E-state index contributed by atoms with van der Waals surface area (Å²) in [6.45, 7) is 9.61. The maximum Gasteiger partial charge on any atom is 0.0159 e. The van der Waals surface area contributed by atoms with Crippen molar-refractivity contribution in [1.82, 2.24) is 0 Å². The van der Waals surface area contributed by atoms with Crippen molar-refractivity contribution in [2.24, 2.45) is 0 Å². The van der Waals surface area contributed by atoms with Crippen molar-refractivity contribution in [1.29, 1.82) is 0 Å². The Bertz CT molecular complexity index is 5450. The lowest BCUT2D eigenvalue weighted by Crippen LogP contribution is -2.15. The summed E-state index contributed by atoms with van der Waals surface area (Å²) in [4.78, 5) is 0. The van der Waals surface area contributed by atoms with E-state index in [2.05, 4.69) is 331 Å². The Morgan fingerprint density at radius 1 is 0.178 bits per heavy atom. The quantitative estimate of drug-likeness (QED) is 0.142. The van der Waals surface area contributed by atoms with Crippen molar-refractivity contribution >= 4 is 32.3 Å². The van der Waals surface area contributed by atoms with E-state index in [0.717, 1.165) is 0 Å². The summed E-state index contributed by atoms with van der Waals surface area (Å²) >= 11 is 0. The largest absolute Gasteiger partial charge is 0.0622 e. The van der Waals surface area contributed by atoms with Gasteiger partial charge in [0.25, 0.3) is 0 Å². The van der Waals surface area contributed by atoms with Gasteiger partial charge in [0.2, 0.25) is 0 Å². The Balaban J connectivity index is 0.587. The SMILES string of the molecule is CC1(C)c2cc(-c3ccc(-c4ccc(-c5ccc(-c6c7c(c(-c8ccccc8)c8ccccc68)-c6cccc8cccc-7c68)cc5)cc4)cc3)ccc2-c2ccc(-c3ccc4c(c3)C(C)(C)c3cc(-c5ccc(-c6cccc7ccccc67)cc5)ccc3-4)cc21. The molecule has 0 heterocycles. The first kappa shape index (κ1) is 52.2. The topological polar surface area (TPSA) is 0 Å². The summed E-state index contributed by atoms with van der Waals surface area (Å²) in [6.07, 6.45) is 0. The molecule has 3 aliphatic rings. The Hall–Kier alpha value is -10.9. The smallest absolute Gasteiger partial charge is 0.0159 e. The molecule has 0 aliphatic heterocycles. The minimum absolute atomic E-state index is 0.152. The van der Waals surface area contributed by atoms with Gasteiger partial charge in [-0.05, 0) is 212 Å². The lowest BCUT2D eigenvalue weighted by molar-refractivity contribution is 0.660. The molecule has 0 radical (unpaired) electrons. The highest BCUT2D eigenvalue weighted by molar-refractivity contribution is 6.27. The molecule has 422 valence electrons. The highest BCUT2D eigenvalue weighted by atomic mass is 14.4. The first-order valence-corrected chi connectivity index (χ1v) is 31.8. The molecular weight excluding hydrogens is 1080 g/mol. The number of rotatable bonds is 8. The van der Waals surface area contributed by atoms with E-state index in [1.54, 1.807) is 0 Å². The molecule has 15 aromatic rings. The van der Waals surface area contributed by atoms with Crippen LogP contribution in [-0.4, -0.2) is 0 Å². The maximum absolute atomic E-state index is 2.47. The summed E-state index contributed by atoms with van der Waals surface area (Å²) < 4.78 is 0. The molecular formula is C90H62. The van der Waals surface area contributed by atoms with Crippen LogP contribution >= 0.6 is 0 Å². The summed E-state index contributed by atoms with van der Waals surface area (Å²) in [7, 11) is 0. The maximum atomic E-state index is 2.47. The second-order valence-corrected chi connectivity index (χ2v) is 26.2. The molecule has 0 unspecified atom stereocenters. The fraction of sp³-hybridized carbons (Fsp3) is 0.0667. The Morgan fingerprint density at radius 3 is 0.889 bits per heavy atom. The van der Waals surface area contributed by atoms with Crippen molar-refractivity contribution in [3.05, 3.63) is 326 Å². The summed E-state index contributed by atoms with van der Waals surface area (Å²) in [5.41, 5.74) is 35.8. The van der Waals surface area contributed by atoms with Gasteiger partial charge in [0.1, 0.15) is 0 Å². The molecule has 0 saturated carbocycles. The van der Waals surface area contributed by atoms with E-state index >= 15 is 0 Å². The van der Waals surface area contributed by atoms with Gasteiger partial charge in [-0.2, -0.15) is 0 Å². The molecule has 0 amide bonds. The van der Waals surface area contributed by atoms with Crippen LogP contribution in [0.25, 0.3) is 166 Å². The van der Waals surface area contributed by atoms with Crippen LogP contribution in [0.5, 0.6) is 0 Å².